The van der Waals surface area contributed by atoms with Crippen molar-refractivity contribution in [1.82, 2.24) is 10.2 Å². The highest BCUT2D eigenvalue weighted by atomic mass is 16.2. The van der Waals surface area contributed by atoms with Gasteiger partial charge in [0, 0.05) is 17.8 Å². The van der Waals surface area contributed by atoms with Gasteiger partial charge in [-0.25, -0.2) is 4.79 Å². The number of carbonyl (C=O) groups is 3. The molecule has 0 bridgehead atoms. The minimum absolute atomic E-state index is 0.370. The number of fused-ring (bicyclic) bond motifs is 2. The second kappa shape index (κ2) is 4.07. The predicted molar refractivity (Wildman–Crippen MR) is 74.3 cm³/mol. The largest absolute Gasteiger partial charge is 0.325 e. The number of urea groups is 1. The molecule has 1 aromatic carbocycles. The van der Waals surface area contributed by atoms with Crippen LogP contribution in [0.15, 0.2) is 24.3 Å². The van der Waals surface area contributed by atoms with Crippen molar-refractivity contribution in [2.75, 3.05) is 11.9 Å². The molecule has 1 saturated heterocycles. The summed E-state index contributed by atoms with van der Waals surface area (Å²) in [6.07, 6.45) is 3.21. The highest BCUT2D eigenvalue weighted by molar-refractivity contribution is 6.26. The fourth-order valence-corrected chi connectivity index (χ4v) is 3.27. The average Bonchev–Trinajstić information content (AvgIpc) is 2.84. The van der Waals surface area contributed by atoms with E-state index in [2.05, 4.69) is 10.6 Å². The molecule has 4 rings (SSSR count). The third-order valence-corrected chi connectivity index (χ3v) is 4.69. The molecule has 1 aromatic rings. The van der Waals surface area contributed by atoms with Gasteiger partial charge in [-0.05, 0) is 24.8 Å². The first kappa shape index (κ1) is 12.4. The van der Waals surface area contributed by atoms with Crippen molar-refractivity contribution in [3.8, 4) is 0 Å². The molecule has 2 fully saturated rings. The summed E-state index contributed by atoms with van der Waals surface area (Å²) in [5, 5.41) is 5.30. The lowest BCUT2D eigenvalue weighted by atomic mass is 9.84. The Balaban J connectivity index is 1.73. The Bertz CT molecular complexity index is 668. The van der Waals surface area contributed by atoms with E-state index in [-0.39, 0.29) is 0 Å². The summed E-state index contributed by atoms with van der Waals surface area (Å²) < 4.78 is 0. The minimum atomic E-state index is -1.57. The average molecular weight is 285 g/mol. The zero-order valence-corrected chi connectivity index (χ0v) is 11.4. The number of rotatable bonds is 2. The number of carbonyl (C=O) groups excluding carboxylic acids is 3. The van der Waals surface area contributed by atoms with Crippen LogP contribution in [0.25, 0.3) is 0 Å². The first-order valence-electron chi connectivity index (χ1n) is 7.18. The van der Waals surface area contributed by atoms with Crippen molar-refractivity contribution in [1.29, 1.82) is 0 Å². The molecule has 1 unspecified atom stereocenters. The van der Waals surface area contributed by atoms with Crippen molar-refractivity contribution in [3.63, 3.8) is 0 Å². The molecule has 6 heteroatoms. The number of anilines is 1. The third kappa shape index (κ3) is 1.50. The van der Waals surface area contributed by atoms with Gasteiger partial charge in [0.2, 0.25) is 5.54 Å². The number of hydrogen-bond donors (Lipinski definition) is 2. The molecule has 21 heavy (non-hydrogen) atoms. The molecule has 4 amide bonds. The molecule has 1 aliphatic carbocycles. The first-order valence-corrected chi connectivity index (χ1v) is 7.18. The number of nitrogens with one attached hydrogen (secondary N) is 2. The lowest BCUT2D eigenvalue weighted by Gasteiger charge is -2.28. The molecule has 1 atom stereocenters. The molecular formula is C15H15N3O3. The van der Waals surface area contributed by atoms with Crippen LogP contribution in [0, 0.1) is 5.92 Å². The number of para-hydroxylation sites is 1. The molecular weight excluding hydrogens is 270 g/mol. The van der Waals surface area contributed by atoms with E-state index < -0.39 is 23.4 Å². The van der Waals surface area contributed by atoms with Gasteiger partial charge in [0.15, 0.2) is 0 Å². The molecule has 1 spiro atoms. The van der Waals surface area contributed by atoms with Crippen molar-refractivity contribution < 1.29 is 14.4 Å². The van der Waals surface area contributed by atoms with Gasteiger partial charge in [-0.2, -0.15) is 0 Å². The van der Waals surface area contributed by atoms with Gasteiger partial charge in [-0.1, -0.05) is 24.6 Å². The van der Waals surface area contributed by atoms with Crippen molar-refractivity contribution in [2.24, 2.45) is 5.92 Å². The fourth-order valence-electron chi connectivity index (χ4n) is 3.27. The molecule has 6 nitrogen and oxygen atoms in total. The summed E-state index contributed by atoms with van der Waals surface area (Å²) in [5.41, 5.74) is -0.455. The molecule has 3 aliphatic rings. The quantitative estimate of drug-likeness (QED) is 0.633. The lowest BCUT2D eigenvalue weighted by molar-refractivity contribution is -0.137. The van der Waals surface area contributed by atoms with Gasteiger partial charge >= 0.3 is 6.03 Å². The number of hydrogen-bond acceptors (Lipinski definition) is 3. The Labute approximate surface area is 121 Å². The van der Waals surface area contributed by atoms with Crippen LogP contribution in [0.3, 0.4) is 0 Å². The number of nitrogens with zero attached hydrogens (tertiary/aromatic N) is 1. The van der Waals surface area contributed by atoms with Crippen LogP contribution >= 0.6 is 0 Å². The Morgan fingerprint density at radius 3 is 2.67 bits per heavy atom. The normalized spacial score (nSPS) is 27.6. The fraction of sp³-hybridized carbons (Fsp3) is 0.400. The zero-order chi connectivity index (χ0) is 14.6. The highest BCUT2D eigenvalue weighted by Crippen LogP contribution is 2.41. The van der Waals surface area contributed by atoms with Crippen molar-refractivity contribution in [2.45, 2.75) is 24.8 Å². The van der Waals surface area contributed by atoms with E-state index in [0.29, 0.717) is 23.7 Å². The molecule has 108 valence electrons. The first-order chi connectivity index (χ1) is 10.1. The second-order valence-corrected chi connectivity index (χ2v) is 5.89. The number of imide groups is 1. The Kier molecular flexibility index (Phi) is 2.40. The standard InChI is InChI=1S/C15H15N3O3/c19-12-15(10-6-1-2-7-11(10)16-12)13(20)18(14(21)17-15)8-9-4-3-5-9/h1-2,6-7,9H,3-5,8H2,(H,16,19)(H,17,21). The molecule has 2 N–H and O–H groups in total. The van der Waals surface area contributed by atoms with Crippen LogP contribution < -0.4 is 10.6 Å². The van der Waals surface area contributed by atoms with Gasteiger partial charge in [0.1, 0.15) is 0 Å². The molecule has 0 radical (unpaired) electrons. The SMILES string of the molecule is O=C1NC2(C(=O)Nc3ccccc32)C(=O)N1CC1CCC1. The monoisotopic (exact) mass is 285 g/mol. The number of amides is 4. The summed E-state index contributed by atoms with van der Waals surface area (Å²) in [4.78, 5) is 38.5. The molecule has 2 heterocycles. The maximum atomic E-state index is 12.8. The van der Waals surface area contributed by atoms with Gasteiger partial charge in [0.05, 0.1) is 0 Å². The van der Waals surface area contributed by atoms with E-state index >= 15 is 0 Å². The maximum absolute atomic E-state index is 12.8. The van der Waals surface area contributed by atoms with Crippen LogP contribution in [0.5, 0.6) is 0 Å². The summed E-state index contributed by atoms with van der Waals surface area (Å²) in [6.45, 7) is 0.405. The van der Waals surface area contributed by atoms with Crippen LogP contribution in [0.4, 0.5) is 10.5 Å². The minimum Gasteiger partial charge on any atom is -0.323 e. The zero-order valence-electron chi connectivity index (χ0n) is 11.4. The van der Waals surface area contributed by atoms with Crippen molar-refractivity contribution in [3.05, 3.63) is 29.8 Å². The molecule has 0 aromatic heterocycles. The van der Waals surface area contributed by atoms with E-state index in [4.69, 9.17) is 0 Å². The van der Waals surface area contributed by atoms with Crippen LogP contribution in [0.1, 0.15) is 24.8 Å². The smallest absolute Gasteiger partial charge is 0.323 e. The van der Waals surface area contributed by atoms with Crippen molar-refractivity contribution >= 4 is 23.5 Å². The summed E-state index contributed by atoms with van der Waals surface area (Å²) in [7, 11) is 0. The Morgan fingerprint density at radius 1 is 1.19 bits per heavy atom. The summed E-state index contributed by atoms with van der Waals surface area (Å²) in [6, 6.07) is 6.51. The topological polar surface area (TPSA) is 78.5 Å². The highest BCUT2D eigenvalue weighted by Gasteiger charge is 2.61. The van der Waals surface area contributed by atoms with E-state index in [0.717, 1.165) is 19.3 Å². The van der Waals surface area contributed by atoms with E-state index in [9.17, 15) is 14.4 Å². The van der Waals surface area contributed by atoms with Crippen LogP contribution in [-0.4, -0.2) is 29.3 Å². The molecule has 2 aliphatic heterocycles. The Morgan fingerprint density at radius 2 is 1.95 bits per heavy atom. The van der Waals surface area contributed by atoms with Gasteiger partial charge in [0.25, 0.3) is 11.8 Å². The van der Waals surface area contributed by atoms with Crippen LogP contribution in [0.2, 0.25) is 0 Å². The molecule has 1 saturated carbocycles. The summed E-state index contributed by atoms with van der Waals surface area (Å²) >= 11 is 0. The third-order valence-electron chi connectivity index (χ3n) is 4.69. The van der Waals surface area contributed by atoms with Gasteiger partial charge in [-0.15, -0.1) is 0 Å². The van der Waals surface area contributed by atoms with Gasteiger partial charge < -0.3 is 10.6 Å². The van der Waals surface area contributed by atoms with E-state index in [1.807, 2.05) is 0 Å². The van der Waals surface area contributed by atoms with E-state index in [1.54, 1.807) is 24.3 Å². The maximum Gasteiger partial charge on any atom is 0.325 e. The van der Waals surface area contributed by atoms with Gasteiger partial charge in [-0.3, -0.25) is 14.5 Å². The van der Waals surface area contributed by atoms with E-state index in [1.165, 1.54) is 4.90 Å². The second-order valence-electron chi connectivity index (χ2n) is 5.89. The predicted octanol–water partition coefficient (Wildman–Crippen LogP) is 1.19. The Hall–Kier alpha value is -2.37. The number of benzene rings is 1. The summed E-state index contributed by atoms with van der Waals surface area (Å²) in [5.74, 6) is -0.561. The van der Waals surface area contributed by atoms with Crippen LogP contribution in [-0.2, 0) is 15.1 Å². The lowest BCUT2D eigenvalue weighted by Crippen LogP contribution is -2.50.